The third-order valence-corrected chi connectivity index (χ3v) is 6.28. The Kier molecular flexibility index (Phi) is 7.59. The number of carbonyl (C=O) groups is 1. The first-order valence-corrected chi connectivity index (χ1v) is 10.2. The highest BCUT2D eigenvalue weighted by atomic mass is 16.5. The molecule has 0 atom stereocenters. The summed E-state index contributed by atoms with van der Waals surface area (Å²) in [4.78, 5) is 12.5. The Morgan fingerprint density at radius 3 is 2.29 bits per heavy atom. The van der Waals surface area contributed by atoms with Gasteiger partial charge in [-0.25, -0.2) is 0 Å². The summed E-state index contributed by atoms with van der Waals surface area (Å²) in [7, 11) is 0. The Balaban J connectivity index is 1.72. The minimum Gasteiger partial charge on any atom is -0.462 e. The first-order valence-electron chi connectivity index (χ1n) is 10.2. The molecule has 136 valence electrons. The summed E-state index contributed by atoms with van der Waals surface area (Å²) >= 11 is 0. The molecule has 0 amide bonds. The Morgan fingerprint density at radius 1 is 1.08 bits per heavy atom. The van der Waals surface area contributed by atoms with Crippen molar-refractivity contribution in [1.29, 1.82) is 5.26 Å². The first kappa shape index (κ1) is 19.3. The summed E-state index contributed by atoms with van der Waals surface area (Å²) in [5, 5.41) is 9.47. The van der Waals surface area contributed by atoms with Gasteiger partial charge in [-0.1, -0.05) is 39.5 Å². The smallest absolute Gasteiger partial charge is 0.309 e. The number of ether oxygens (including phenoxy) is 1. The number of hydrogen-bond donors (Lipinski definition) is 0. The van der Waals surface area contributed by atoms with Crippen molar-refractivity contribution in [3.8, 4) is 6.07 Å². The topological polar surface area (TPSA) is 50.1 Å². The molecule has 2 aliphatic carbocycles. The van der Waals surface area contributed by atoms with Gasteiger partial charge in [0.05, 0.1) is 17.4 Å². The lowest BCUT2D eigenvalue weighted by molar-refractivity contribution is -0.158. The van der Waals surface area contributed by atoms with E-state index in [1.165, 1.54) is 32.1 Å². The minimum atomic E-state index is -0.158. The molecule has 3 heteroatoms. The maximum Gasteiger partial charge on any atom is 0.309 e. The number of nitriles is 1. The van der Waals surface area contributed by atoms with Crippen LogP contribution in [0.25, 0.3) is 0 Å². The molecule has 0 aromatic carbocycles. The second-order valence-electron chi connectivity index (χ2n) is 8.14. The Morgan fingerprint density at radius 2 is 1.75 bits per heavy atom. The first-order chi connectivity index (χ1) is 11.6. The van der Waals surface area contributed by atoms with E-state index in [2.05, 4.69) is 19.9 Å². The molecule has 3 nitrogen and oxygen atoms in total. The van der Waals surface area contributed by atoms with E-state index in [4.69, 9.17) is 4.74 Å². The van der Waals surface area contributed by atoms with E-state index in [1.807, 2.05) is 0 Å². The summed E-state index contributed by atoms with van der Waals surface area (Å²) in [6.07, 6.45) is 13.9. The fraction of sp³-hybridized carbons (Fsp3) is 0.905. The molecule has 2 rings (SSSR count). The predicted octanol–water partition coefficient (Wildman–Crippen LogP) is 5.78. The van der Waals surface area contributed by atoms with Crippen molar-refractivity contribution < 1.29 is 9.53 Å². The van der Waals surface area contributed by atoms with Crippen LogP contribution in [0.15, 0.2) is 0 Å². The van der Waals surface area contributed by atoms with Crippen molar-refractivity contribution in [2.75, 3.05) is 0 Å². The van der Waals surface area contributed by atoms with Crippen molar-refractivity contribution in [2.24, 2.45) is 17.3 Å². The van der Waals surface area contributed by atoms with Crippen molar-refractivity contribution in [1.82, 2.24) is 0 Å². The van der Waals surface area contributed by atoms with Crippen LogP contribution in [-0.4, -0.2) is 12.1 Å². The van der Waals surface area contributed by atoms with E-state index in [-0.39, 0.29) is 23.4 Å². The molecule has 0 aliphatic heterocycles. The standard InChI is InChI=1S/C21H35NO2/c1-3-5-6-17-7-9-18(10-8-17)20(23)24-19-11-14-21(16-22,13-4-2)15-12-19/h17-19H,3-15H2,1-2H3. The van der Waals surface area contributed by atoms with E-state index >= 15 is 0 Å². The van der Waals surface area contributed by atoms with Crippen molar-refractivity contribution in [2.45, 2.75) is 103 Å². The highest BCUT2D eigenvalue weighted by Gasteiger charge is 2.37. The van der Waals surface area contributed by atoms with Crippen LogP contribution in [0.5, 0.6) is 0 Å². The number of carbonyl (C=O) groups excluding carboxylic acids is 1. The number of hydrogen-bond acceptors (Lipinski definition) is 3. The molecule has 0 heterocycles. The van der Waals surface area contributed by atoms with Gasteiger partial charge in [0.15, 0.2) is 0 Å². The van der Waals surface area contributed by atoms with Gasteiger partial charge in [0.25, 0.3) is 0 Å². The molecule has 0 aromatic heterocycles. The maximum absolute atomic E-state index is 12.5. The van der Waals surface area contributed by atoms with E-state index in [0.29, 0.717) is 0 Å². The Labute approximate surface area is 148 Å². The predicted molar refractivity (Wildman–Crippen MR) is 96.3 cm³/mol. The van der Waals surface area contributed by atoms with E-state index in [0.717, 1.165) is 57.3 Å². The van der Waals surface area contributed by atoms with Crippen LogP contribution in [-0.2, 0) is 9.53 Å². The highest BCUT2D eigenvalue weighted by Crippen LogP contribution is 2.41. The third kappa shape index (κ3) is 5.23. The van der Waals surface area contributed by atoms with Crippen molar-refractivity contribution >= 4 is 5.97 Å². The van der Waals surface area contributed by atoms with E-state index < -0.39 is 0 Å². The lowest BCUT2D eigenvalue weighted by Crippen LogP contribution is -2.33. The molecular weight excluding hydrogens is 298 g/mol. The average molecular weight is 334 g/mol. The molecule has 0 aromatic rings. The van der Waals surface area contributed by atoms with Crippen molar-refractivity contribution in [3.05, 3.63) is 0 Å². The van der Waals surface area contributed by atoms with Gasteiger partial charge in [-0.15, -0.1) is 0 Å². The van der Waals surface area contributed by atoms with Gasteiger partial charge < -0.3 is 4.74 Å². The lowest BCUT2D eigenvalue weighted by atomic mass is 9.71. The van der Waals surface area contributed by atoms with Gasteiger partial charge in [-0.3, -0.25) is 4.79 Å². The van der Waals surface area contributed by atoms with Crippen molar-refractivity contribution in [3.63, 3.8) is 0 Å². The van der Waals surface area contributed by atoms with Crippen LogP contribution in [0.2, 0.25) is 0 Å². The molecule has 0 unspecified atom stereocenters. The summed E-state index contributed by atoms with van der Waals surface area (Å²) in [5.41, 5.74) is -0.158. The zero-order valence-electron chi connectivity index (χ0n) is 15.7. The molecule has 0 saturated heterocycles. The molecule has 0 radical (unpaired) electrons. The van der Waals surface area contributed by atoms with Gasteiger partial charge in [0, 0.05) is 0 Å². The Hall–Kier alpha value is -1.04. The fourth-order valence-corrected chi connectivity index (χ4v) is 4.60. The molecule has 2 fully saturated rings. The van der Waals surface area contributed by atoms with Crippen LogP contribution in [0.1, 0.15) is 97.3 Å². The highest BCUT2D eigenvalue weighted by molar-refractivity contribution is 5.72. The maximum atomic E-state index is 12.5. The van der Waals surface area contributed by atoms with E-state index in [1.54, 1.807) is 0 Å². The minimum absolute atomic E-state index is 0.0360. The quantitative estimate of drug-likeness (QED) is 0.555. The van der Waals surface area contributed by atoms with Gasteiger partial charge in [0.1, 0.15) is 6.10 Å². The molecule has 2 aliphatic rings. The van der Waals surface area contributed by atoms with E-state index in [9.17, 15) is 10.1 Å². The zero-order valence-corrected chi connectivity index (χ0v) is 15.7. The molecule has 0 spiro atoms. The molecule has 0 N–H and O–H groups in total. The molecule has 24 heavy (non-hydrogen) atoms. The molecule has 0 bridgehead atoms. The summed E-state index contributed by atoms with van der Waals surface area (Å²) in [5.74, 6) is 0.990. The normalized spacial score (nSPS) is 33.6. The van der Waals surface area contributed by atoms with Gasteiger partial charge >= 0.3 is 5.97 Å². The number of rotatable bonds is 7. The van der Waals surface area contributed by atoms with Gasteiger partial charge in [-0.2, -0.15) is 5.26 Å². The number of nitrogens with zero attached hydrogens (tertiary/aromatic N) is 1. The molecule has 2 saturated carbocycles. The number of unbranched alkanes of at least 4 members (excludes halogenated alkanes) is 1. The fourth-order valence-electron chi connectivity index (χ4n) is 4.60. The lowest BCUT2D eigenvalue weighted by Gasteiger charge is -2.35. The summed E-state index contributed by atoms with van der Waals surface area (Å²) in [6, 6.07) is 2.54. The van der Waals surface area contributed by atoms with Crippen LogP contribution in [0.3, 0.4) is 0 Å². The van der Waals surface area contributed by atoms with Gasteiger partial charge in [0.2, 0.25) is 0 Å². The number of esters is 1. The summed E-state index contributed by atoms with van der Waals surface area (Å²) in [6.45, 7) is 4.39. The largest absolute Gasteiger partial charge is 0.462 e. The van der Waals surface area contributed by atoms with Crippen LogP contribution < -0.4 is 0 Å². The third-order valence-electron chi connectivity index (χ3n) is 6.28. The van der Waals surface area contributed by atoms with Crippen LogP contribution in [0, 0.1) is 28.6 Å². The van der Waals surface area contributed by atoms with Crippen LogP contribution >= 0.6 is 0 Å². The van der Waals surface area contributed by atoms with Crippen LogP contribution in [0.4, 0.5) is 0 Å². The average Bonchev–Trinajstić information content (AvgIpc) is 2.62. The second-order valence-corrected chi connectivity index (χ2v) is 8.14. The Bertz CT molecular complexity index is 424. The second kappa shape index (κ2) is 9.44. The summed E-state index contributed by atoms with van der Waals surface area (Å²) < 4.78 is 5.81. The van der Waals surface area contributed by atoms with Gasteiger partial charge in [-0.05, 0) is 63.7 Å². The SMILES string of the molecule is CCCCC1CCC(C(=O)OC2CCC(C#N)(CCC)CC2)CC1. The monoisotopic (exact) mass is 333 g/mol. The zero-order chi connectivity index (χ0) is 17.4. The molecular formula is C21H35NO2.